The summed E-state index contributed by atoms with van der Waals surface area (Å²) in [5.41, 5.74) is 4.94. The zero-order valence-electron chi connectivity index (χ0n) is 13.5. The molecule has 1 N–H and O–H groups in total. The van der Waals surface area contributed by atoms with Crippen molar-refractivity contribution in [3.63, 3.8) is 0 Å². The molecule has 0 spiro atoms. The van der Waals surface area contributed by atoms with E-state index in [9.17, 15) is 0 Å². The molecule has 0 aliphatic heterocycles. The van der Waals surface area contributed by atoms with Crippen molar-refractivity contribution in [3.05, 3.63) is 45.7 Å². The van der Waals surface area contributed by atoms with Gasteiger partial charge in [0.2, 0.25) is 0 Å². The Labute approximate surface area is 135 Å². The second-order valence-corrected chi connectivity index (χ2v) is 7.13. The number of rotatable bonds is 4. The van der Waals surface area contributed by atoms with Crippen LogP contribution in [0.3, 0.4) is 0 Å². The van der Waals surface area contributed by atoms with Crippen LogP contribution in [0.1, 0.15) is 44.6 Å². The molecule has 1 aromatic heterocycles. The van der Waals surface area contributed by atoms with Crippen molar-refractivity contribution in [3.8, 4) is 0 Å². The van der Waals surface area contributed by atoms with Gasteiger partial charge in [-0.05, 0) is 39.4 Å². The Morgan fingerprint density at radius 2 is 1.90 bits per heavy atom. The minimum absolute atomic E-state index is 0.127. The largest absolute Gasteiger partial charge is 0.379 e. The fourth-order valence-corrected chi connectivity index (χ4v) is 3.24. The highest BCUT2D eigenvalue weighted by Gasteiger charge is 2.18. The maximum Gasteiger partial charge on any atom is 0.0767 e. The Hall–Kier alpha value is -1.29. The summed E-state index contributed by atoms with van der Waals surface area (Å²) in [7, 11) is 2.00. The first-order valence-corrected chi connectivity index (χ1v) is 8.17. The molecule has 1 heterocycles. The van der Waals surface area contributed by atoms with Crippen molar-refractivity contribution >= 4 is 21.6 Å². The van der Waals surface area contributed by atoms with Crippen LogP contribution in [0.25, 0.3) is 0 Å². The van der Waals surface area contributed by atoms with Gasteiger partial charge >= 0.3 is 0 Å². The number of para-hydroxylation sites is 1. The Morgan fingerprint density at radius 3 is 2.48 bits per heavy atom. The number of halogens is 1. The van der Waals surface area contributed by atoms with E-state index >= 15 is 0 Å². The highest BCUT2D eigenvalue weighted by atomic mass is 79.9. The summed E-state index contributed by atoms with van der Waals surface area (Å²) >= 11 is 3.67. The third-order valence-corrected chi connectivity index (χ3v) is 4.60. The molecule has 1 aromatic carbocycles. The molecule has 0 aliphatic rings. The number of nitrogens with zero attached hydrogens (tertiary/aromatic N) is 2. The second kappa shape index (κ2) is 6.22. The van der Waals surface area contributed by atoms with Crippen molar-refractivity contribution in [1.82, 2.24) is 9.78 Å². The summed E-state index contributed by atoms with van der Waals surface area (Å²) in [6, 6.07) is 8.51. The first-order valence-electron chi connectivity index (χ1n) is 7.38. The highest BCUT2D eigenvalue weighted by molar-refractivity contribution is 9.10. The normalized spacial score (nSPS) is 11.7. The number of aromatic nitrogens is 2. The molecule has 114 valence electrons. The Kier molecular flexibility index (Phi) is 4.77. The number of anilines is 1. The molecule has 2 aromatic rings. The summed E-state index contributed by atoms with van der Waals surface area (Å²) in [5.74, 6) is 0. The molecule has 0 saturated heterocycles. The number of benzene rings is 1. The van der Waals surface area contributed by atoms with Crippen molar-refractivity contribution < 1.29 is 0 Å². The molecular weight excluding hydrogens is 326 g/mol. The predicted octanol–water partition coefficient (Wildman–Crippen LogP) is 4.65. The lowest BCUT2D eigenvalue weighted by Gasteiger charge is -2.23. The lowest BCUT2D eigenvalue weighted by atomic mass is 9.86. The molecule has 0 saturated carbocycles. The van der Waals surface area contributed by atoms with E-state index in [2.05, 4.69) is 78.3 Å². The van der Waals surface area contributed by atoms with Gasteiger partial charge in [0.05, 0.1) is 22.4 Å². The fourth-order valence-electron chi connectivity index (χ4n) is 2.48. The first-order chi connectivity index (χ1) is 9.84. The molecular formula is C17H24BrN3. The zero-order valence-corrected chi connectivity index (χ0v) is 15.1. The average Bonchev–Trinajstić information content (AvgIpc) is 2.70. The summed E-state index contributed by atoms with van der Waals surface area (Å²) < 4.78 is 3.07. The monoisotopic (exact) mass is 349 g/mol. The minimum Gasteiger partial charge on any atom is -0.379 e. The second-order valence-electron chi connectivity index (χ2n) is 6.33. The molecule has 21 heavy (non-hydrogen) atoms. The molecule has 0 amide bonds. The molecule has 2 rings (SSSR count). The van der Waals surface area contributed by atoms with Crippen LogP contribution in [0.5, 0.6) is 0 Å². The summed E-state index contributed by atoms with van der Waals surface area (Å²) in [6.07, 6.45) is 0.938. The maximum atomic E-state index is 4.54. The zero-order chi connectivity index (χ0) is 15.6. The number of hydrogen-bond acceptors (Lipinski definition) is 2. The maximum absolute atomic E-state index is 4.54. The van der Waals surface area contributed by atoms with Gasteiger partial charge in [-0.25, -0.2) is 0 Å². The molecule has 3 nitrogen and oxygen atoms in total. The first kappa shape index (κ1) is 16.1. The number of aryl methyl sites for hydroxylation is 2. The van der Waals surface area contributed by atoms with E-state index in [0.29, 0.717) is 0 Å². The van der Waals surface area contributed by atoms with Gasteiger partial charge in [-0.2, -0.15) is 5.10 Å². The third-order valence-electron chi connectivity index (χ3n) is 3.68. The number of nitrogens with one attached hydrogen (secondary N) is 1. The van der Waals surface area contributed by atoms with E-state index in [0.717, 1.165) is 23.1 Å². The molecule has 0 atom stereocenters. The van der Waals surface area contributed by atoms with Gasteiger partial charge in [0.15, 0.2) is 0 Å². The Morgan fingerprint density at radius 1 is 1.24 bits per heavy atom. The van der Waals surface area contributed by atoms with Gasteiger partial charge in [0, 0.05) is 12.7 Å². The highest BCUT2D eigenvalue weighted by Crippen LogP contribution is 2.30. The van der Waals surface area contributed by atoms with Gasteiger partial charge in [-0.3, -0.25) is 4.68 Å². The van der Waals surface area contributed by atoms with Crippen LogP contribution in [0.15, 0.2) is 28.7 Å². The van der Waals surface area contributed by atoms with Gasteiger partial charge in [0.1, 0.15) is 0 Å². The topological polar surface area (TPSA) is 29.9 Å². The number of hydrogen-bond donors (Lipinski definition) is 1. The standard InChI is InChI=1S/C17H24BrN3/c1-6-13-16(18)15(21(5)20-13)11-19-14-10-8-7-9-12(14)17(2,3)4/h7-10,19H,6,11H2,1-5H3. The Bertz CT molecular complexity index is 623. The van der Waals surface area contributed by atoms with Crippen LogP contribution >= 0.6 is 15.9 Å². The van der Waals surface area contributed by atoms with E-state index < -0.39 is 0 Å². The van der Waals surface area contributed by atoms with Crippen LogP contribution in [-0.2, 0) is 25.4 Å². The fraction of sp³-hybridized carbons (Fsp3) is 0.471. The van der Waals surface area contributed by atoms with E-state index in [1.807, 2.05) is 11.7 Å². The van der Waals surface area contributed by atoms with Gasteiger partial charge in [-0.15, -0.1) is 0 Å². The van der Waals surface area contributed by atoms with Crippen molar-refractivity contribution in [2.24, 2.45) is 7.05 Å². The summed E-state index contributed by atoms with van der Waals surface area (Å²) in [4.78, 5) is 0. The van der Waals surface area contributed by atoms with Gasteiger partial charge < -0.3 is 5.32 Å². The average molecular weight is 350 g/mol. The van der Waals surface area contributed by atoms with Crippen LogP contribution in [0, 0.1) is 0 Å². The van der Waals surface area contributed by atoms with Crippen LogP contribution in [0.2, 0.25) is 0 Å². The van der Waals surface area contributed by atoms with Crippen LogP contribution in [-0.4, -0.2) is 9.78 Å². The molecule has 0 bridgehead atoms. The lowest BCUT2D eigenvalue weighted by Crippen LogP contribution is -2.15. The lowest BCUT2D eigenvalue weighted by molar-refractivity contribution is 0.591. The minimum atomic E-state index is 0.127. The van der Waals surface area contributed by atoms with E-state index in [-0.39, 0.29) is 5.41 Å². The third kappa shape index (κ3) is 3.49. The van der Waals surface area contributed by atoms with Gasteiger partial charge in [-0.1, -0.05) is 45.9 Å². The smallest absolute Gasteiger partial charge is 0.0767 e. The molecule has 4 heteroatoms. The van der Waals surface area contributed by atoms with E-state index in [1.165, 1.54) is 16.9 Å². The van der Waals surface area contributed by atoms with E-state index in [1.54, 1.807) is 0 Å². The molecule has 0 radical (unpaired) electrons. The van der Waals surface area contributed by atoms with Crippen molar-refractivity contribution in [2.45, 2.75) is 46.1 Å². The van der Waals surface area contributed by atoms with Crippen molar-refractivity contribution in [2.75, 3.05) is 5.32 Å². The van der Waals surface area contributed by atoms with E-state index in [4.69, 9.17) is 0 Å². The van der Waals surface area contributed by atoms with Crippen LogP contribution in [0.4, 0.5) is 5.69 Å². The molecule has 0 unspecified atom stereocenters. The van der Waals surface area contributed by atoms with Gasteiger partial charge in [0.25, 0.3) is 0 Å². The SMILES string of the molecule is CCc1nn(C)c(CNc2ccccc2C(C)(C)C)c1Br. The Balaban J connectivity index is 2.24. The summed E-state index contributed by atoms with van der Waals surface area (Å²) in [6.45, 7) is 9.60. The molecule has 0 fully saturated rings. The summed E-state index contributed by atoms with van der Waals surface area (Å²) in [5, 5.41) is 8.11. The van der Waals surface area contributed by atoms with Crippen molar-refractivity contribution in [1.29, 1.82) is 0 Å². The quantitative estimate of drug-likeness (QED) is 0.870. The predicted molar refractivity (Wildman–Crippen MR) is 92.8 cm³/mol. The molecule has 0 aliphatic carbocycles. The van der Waals surface area contributed by atoms with Crippen LogP contribution < -0.4 is 5.32 Å².